The molecule has 10 heteroatoms. The summed E-state index contributed by atoms with van der Waals surface area (Å²) in [4.78, 5) is 12.8. The van der Waals surface area contributed by atoms with Crippen LogP contribution in [0.1, 0.15) is 22.3 Å². The van der Waals surface area contributed by atoms with Gasteiger partial charge in [-0.2, -0.15) is 0 Å². The fourth-order valence-electron chi connectivity index (χ4n) is 3.32. The largest absolute Gasteiger partial charge is 0.508 e. The molecule has 1 heterocycles. The number of phenols is 2. The molecule has 1 fully saturated rings. The highest BCUT2D eigenvalue weighted by Gasteiger charge is 2.45. The smallest absolute Gasteiger partial charge is 0.229 e. The highest BCUT2D eigenvalue weighted by atomic mass is 16.7. The first-order valence-corrected chi connectivity index (χ1v) is 9.62. The van der Waals surface area contributed by atoms with Crippen molar-refractivity contribution in [1.29, 1.82) is 0 Å². The van der Waals surface area contributed by atoms with E-state index in [2.05, 4.69) is 0 Å². The molecule has 168 valence electrons. The number of carbonyl (C=O) groups excluding carboxylic acids is 1. The summed E-state index contributed by atoms with van der Waals surface area (Å²) in [5.41, 5.74) is 6.83. The molecule has 0 radical (unpaired) electrons. The minimum absolute atomic E-state index is 0.00665. The lowest BCUT2D eigenvalue weighted by Gasteiger charge is -2.39. The van der Waals surface area contributed by atoms with Crippen LogP contribution < -0.4 is 10.5 Å². The Kier molecular flexibility index (Phi) is 6.98. The lowest BCUT2D eigenvalue weighted by atomic mass is 9.99. The molecule has 0 bridgehead atoms. The van der Waals surface area contributed by atoms with Gasteiger partial charge in [-0.3, -0.25) is 4.79 Å². The summed E-state index contributed by atoms with van der Waals surface area (Å²) < 4.78 is 10.8. The van der Waals surface area contributed by atoms with E-state index in [0.717, 1.165) is 17.7 Å². The molecule has 1 aliphatic heterocycles. The van der Waals surface area contributed by atoms with Crippen LogP contribution in [0.4, 0.5) is 5.69 Å². The van der Waals surface area contributed by atoms with Crippen LogP contribution in [0.2, 0.25) is 0 Å². The van der Waals surface area contributed by atoms with Crippen molar-refractivity contribution < 1.29 is 44.9 Å². The van der Waals surface area contributed by atoms with Crippen molar-refractivity contribution in [3.05, 3.63) is 47.5 Å². The molecular formula is C21H25NO9. The minimum Gasteiger partial charge on any atom is -0.508 e. The number of aliphatic hydroxyl groups excluding tert-OH is 4. The molecule has 0 spiro atoms. The summed E-state index contributed by atoms with van der Waals surface area (Å²) in [5.74, 6) is -1.74. The molecule has 2 aromatic carbocycles. The monoisotopic (exact) mass is 435 g/mol. The third kappa shape index (κ3) is 5.06. The van der Waals surface area contributed by atoms with Crippen molar-refractivity contribution in [3.63, 3.8) is 0 Å². The Balaban J connectivity index is 1.82. The van der Waals surface area contributed by atoms with Gasteiger partial charge in [0, 0.05) is 24.2 Å². The van der Waals surface area contributed by atoms with E-state index in [1.54, 1.807) is 24.3 Å². The second-order valence-corrected chi connectivity index (χ2v) is 7.32. The van der Waals surface area contributed by atoms with Crippen LogP contribution >= 0.6 is 0 Å². The molecule has 31 heavy (non-hydrogen) atoms. The summed E-state index contributed by atoms with van der Waals surface area (Å²) in [6.45, 7) is -0.663. The van der Waals surface area contributed by atoms with E-state index in [4.69, 9.17) is 15.2 Å². The predicted molar refractivity (Wildman–Crippen MR) is 108 cm³/mol. The molecule has 1 aliphatic rings. The minimum atomic E-state index is -1.72. The molecule has 2 unspecified atom stereocenters. The summed E-state index contributed by atoms with van der Waals surface area (Å²) in [5, 5.41) is 59.3. The van der Waals surface area contributed by atoms with Crippen LogP contribution in [0.15, 0.2) is 36.4 Å². The molecule has 1 saturated heterocycles. The number of hydrogen-bond donors (Lipinski definition) is 7. The molecular weight excluding hydrogens is 410 g/mol. The number of hydrogen-bond acceptors (Lipinski definition) is 10. The van der Waals surface area contributed by atoms with Crippen LogP contribution in [0.25, 0.3) is 0 Å². The van der Waals surface area contributed by atoms with Crippen molar-refractivity contribution in [2.75, 3.05) is 12.3 Å². The van der Waals surface area contributed by atoms with Crippen molar-refractivity contribution >= 4 is 11.5 Å². The van der Waals surface area contributed by atoms with Gasteiger partial charge in [-0.15, -0.1) is 0 Å². The number of anilines is 1. The first kappa shape index (κ1) is 22.8. The fraction of sp³-hybridized carbons (Fsp3) is 0.381. The third-order valence-electron chi connectivity index (χ3n) is 5.06. The first-order valence-electron chi connectivity index (χ1n) is 9.62. The number of benzene rings is 2. The molecule has 8 N–H and O–H groups in total. The van der Waals surface area contributed by atoms with Crippen LogP contribution in [-0.2, 0) is 11.2 Å². The molecule has 10 nitrogen and oxygen atoms in total. The van der Waals surface area contributed by atoms with Crippen molar-refractivity contribution in [2.24, 2.45) is 0 Å². The van der Waals surface area contributed by atoms with E-state index < -0.39 is 54.6 Å². The molecule has 5 atom stereocenters. The number of aliphatic hydroxyl groups is 4. The zero-order valence-corrected chi connectivity index (χ0v) is 16.5. The Morgan fingerprint density at radius 2 is 1.71 bits per heavy atom. The number of rotatable bonds is 7. The van der Waals surface area contributed by atoms with Crippen LogP contribution in [0.5, 0.6) is 17.2 Å². The number of Topliss-reactive ketones (excluding diaryl/α,β-unsaturated/α-hetero) is 1. The molecule has 0 aromatic heterocycles. The lowest BCUT2D eigenvalue weighted by Crippen LogP contribution is -2.60. The van der Waals surface area contributed by atoms with E-state index >= 15 is 0 Å². The normalized spacial score (nSPS) is 25.9. The molecule has 0 amide bonds. The zero-order chi connectivity index (χ0) is 22.7. The fourth-order valence-corrected chi connectivity index (χ4v) is 3.32. The van der Waals surface area contributed by atoms with Gasteiger partial charge in [-0.25, -0.2) is 0 Å². The number of phenolic OH excluding ortho intramolecular Hbond substituents is 2. The van der Waals surface area contributed by atoms with E-state index in [0.29, 0.717) is 12.1 Å². The van der Waals surface area contributed by atoms with Gasteiger partial charge >= 0.3 is 0 Å². The second kappa shape index (κ2) is 9.50. The Morgan fingerprint density at radius 3 is 2.35 bits per heavy atom. The van der Waals surface area contributed by atoms with Crippen molar-refractivity contribution in [2.45, 2.75) is 43.5 Å². The lowest BCUT2D eigenvalue weighted by molar-refractivity contribution is -0.277. The Labute approximate surface area is 177 Å². The summed E-state index contributed by atoms with van der Waals surface area (Å²) >= 11 is 0. The molecule has 0 saturated carbocycles. The number of aryl methyl sites for hydroxylation is 1. The number of ketones is 1. The Morgan fingerprint density at radius 1 is 1.03 bits per heavy atom. The van der Waals surface area contributed by atoms with Gasteiger partial charge in [0.25, 0.3) is 0 Å². The maximum atomic E-state index is 12.8. The Hall–Kier alpha value is -2.89. The summed E-state index contributed by atoms with van der Waals surface area (Å²) in [6, 6.07) is 8.96. The number of ether oxygens (including phenoxy) is 2. The Bertz CT molecular complexity index is 916. The van der Waals surface area contributed by atoms with Gasteiger partial charge in [-0.1, -0.05) is 12.1 Å². The van der Waals surface area contributed by atoms with E-state index in [1.807, 2.05) is 0 Å². The van der Waals surface area contributed by atoms with Crippen molar-refractivity contribution in [3.8, 4) is 17.2 Å². The topological polar surface area (TPSA) is 183 Å². The van der Waals surface area contributed by atoms with Gasteiger partial charge in [0.1, 0.15) is 47.2 Å². The second-order valence-electron chi connectivity index (χ2n) is 7.32. The maximum absolute atomic E-state index is 12.8. The highest BCUT2D eigenvalue weighted by molar-refractivity contribution is 6.01. The standard InChI is InChI=1S/C21H25NO9/c22-11-4-1-10(2-5-11)3-6-13(25)17-14(26)7-12(24)8-15(17)30-21-20(29)19(28)18(27)16(9-23)31-21/h1-2,4-5,7-8,16,18-21,23-24,26-29H,3,6,9,22H2/t16?,18-,19+,20?,21-/m1/s1. The van der Waals surface area contributed by atoms with Crippen LogP contribution in [0.3, 0.4) is 0 Å². The van der Waals surface area contributed by atoms with Crippen molar-refractivity contribution in [1.82, 2.24) is 0 Å². The molecule has 2 aromatic rings. The highest BCUT2D eigenvalue weighted by Crippen LogP contribution is 2.36. The van der Waals surface area contributed by atoms with Crippen LogP contribution in [-0.4, -0.2) is 73.7 Å². The summed E-state index contributed by atoms with van der Waals surface area (Å²) in [6.07, 6.45) is -7.46. The number of nitrogens with two attached hydrogens (primary N) is 1. The average molecular weight is 435 g/mol. The third-order valence-corrected chi connectivity index (χ3v) is 5.06. The van der Waals surface area contributed by atoms with Gasteiger partial charge < -0.3 is 45.8 Å². The van der Waals surface area contributed by atoms with E-state index in [1.165, 1.54) is 0 Å². The first-order chi connectivity index (χ1) is 14.7. The number of nitrogen functional groups attached to an aromatic ring is 1. The van der Waals surface area contributed by atoms with Gasteiger partial charge in [0.15, 0.2) is 5.78 Å². The summed E-state index contributed by atoms with van der Waals surface area (Å²) in [7, 11) is 0. The molecule has 0 aliphatic carbocycles. The van der Waals surface area contributed by atoms with Crippen LogP contribution in [0, 0.1) is 0 Å². The predicted octanol–water partition coefficient (Wildman–Crippen LogP) is -0.326. The average Bonchev–Trinajstić information content (AvgIpc) is 2.73. The zero-order valence-electron chi connectivity index (χ0n) is 16.5. The van der Waals surface area contributed by atoms with E-state index in [-0.39, 0.29) is 17.7 Å². The SMILES string of the molecule is Nc1ccc(CCC(=O)c2c(O)cc(O)cc2O[C@@H]2OC(CO)[C@@H](O)[C@H](O)C2O)cc1. The quantitative estimate of drug-likeness (QED) is 0.225. The van der Waals surface area contributed by atoms with Gasteiger partial charge in [0.05, 0.1) is 6.61 Å². The van der Waals surface area contributed by atoms with Gasteiger partial charge in [0.2, 0.25) is 6.29 Å². The molecule has 3 rings (SSSR count). The van der Waals surface area contributed by atoms with Gasteiger partial charge in [-0.05, 0) is 24.1 Å². The number of aromatic hydroxyl groups is 2. The number of carbonyl (C=O) groups is 1. The van der Waals surface area contributed by atoms with E-state index in [9.17, 15) is 35.4 Å². The maximum Gasteiger partial charge on any atom is 0.229 e.